The van der Waals surface area contributed by atoms with Crippen LogP contribution in [0.2, 0.25) is 5.02 Å². The Labute approximate surface area is 150 Å². The molecule has 0 fully saturated rings. The number of Topliss-reactive ketones (excluding diaryl/α,β-unsaturated/α-hetero) is 1. The number of rotatable bonds is 8. The number of nitrogens with one attached hydrogen (secondary N) is 1. The third-order valence-electron chi connectivity index (χ3n) is 3.45. The first kappa shape index (κ1) is 18.7. The van der Waals surface area contributed by atoms with E-state index in [0.717, 1.165) is 5.56 Å². The van der Waals surface area contributed by atoms with Crippen LogP contribution in [0.25, 0.3) is 0 Å². The molecule has 0 radical (unpaired) electrons. The fraction of sp³-hybridized carbons (Fsp3) is 0.211. The maximum absolute atomic E-state index is 11.9. The van der Waals surface area contributed by atoms with E-state index >= 15 is 0 Å². The molecule has 2 rings (SSSR count). The maximum atomic E-state index is 11.9. The zero-order valence-electron chi connectivity index (χ0n) is 13.5. The van der Waals surface area contributed by atoms with Gasteiger partial charge in [0.05, 0.1) is 6.42 Å². The molecule has 6 heteroatoms. The minimum Gasteiger partial charge on any atom is -0.456 e. The third kappa shape index (κ3) is 6.39. The number of carbonyl (C=O) groups is 3. The fourth-order valence-electron chi connectivity index (χ4n) is 2.09. The Kier molecular flexibility index (Phi) is 7.16. The van der Waals surface area contributed by atoms with Crippen molar-refractivity contribution in [1.82, 2.24) is 5.32 Å². The molecule has 0 unspecified atom stereocenters. The summed E-state index contributed by atoms with van der Waals surface area (Å²) >= 11 is 5.99. The van der Waals surface area contributed by atoms with Gasteiger partial charge in [-0.15, -0.1) is 0 Å². The Hall–Kier alpha value is -2.66. The first-order valence-electron chi connectivity index (χ1n) is 7.80. The van der Waals surface area contributed by atoms with E-state index in [4.69, 9.17) is 16.3 Å². The summed E-state index contributed by atoms with van der Waals surface area (Å²) in [6.07, 6.45) is -0.0182. The lowest BCUT2D eigenvalue weighted by atomic mass is 10.1. The summed E-state index contributed by atoms with van der Waals surface area (Å²) in [5.41, 5.74) is 1.32. The van der Waals surface area contributed by atoms with E-state index in [1.54, 1.807) is 42.5 Å². The number of carbonyl (C=O) groups excluding carboxylic acids is 3. The summed E-state index contributed by atoms with van der Waals surface area (Å²) in [6, 6.07) is 15.8. The van der Waals surface area contributed by atoms with Gasteiger partial charge in [0.2, 0.25) is 0 Å². The van der Waals surface area contributed by atoms with Crippen molar-refractivity contribution in [2.75, 3.05) is 6.61 Å². The van der Waals surface area contributed by atoms with Gasteiger partial charge in [-0.3, -0.25) is 14.4 Å². The second-order valence-corrected chi connectivity index (χ2v) is 5.73. The molecule has 1 N–H and O–H groups in total. The first-order valence-corrected chi connectivity index (χ1v) is 8.18. The van der Waals surface area contributed by atoms with Crippen molar-refractivity contribution in [1.29, 1.82) is 0 Å². The molecule has 0 saturated carbocycles. The highest BCUT2D eigenvalue weighted by Gasteiger charge is 2.12. The van der Waals surface area contributed by atoms with Crippen LogP contribution in [0.4, 0.5) is 0 Å². The lowest BCUT2D eigenvalue weighted by Gasteiger charge is -2.08. The average molecular weight is 360 g/mol. The number of benzene rings is 2. The van der Waals surface area contributed by atoms with E-state index in [9.17, 15) is 14.4 Å². The van der Waals surface area contributed by atoms with Gasteiger partial charge in [0.1, 0.15) is 0 Å². The zero-order valence-corrected chi connectivity index (χ0v) is 14.3. The van der Waals surface area contributed by atoms with Gasteiger partial charge in [-0.25, -0.2) is 0 Å². The maximum Gasteiger partial charge on any atom is 0.306 e. The van der Waals surface area contributed by atoms with Crippen molar-refractivity contribution in [2.45, 2.75) is 19.4 Å². The summed E-state index contributed by atoms with van der Waals surface area (Å²) in [5.74, 6) is -1.15. The van der Waals surface area contributed by atoms with Gasteiger partial charge in [0.25, 0.3) is 5.91 Å². The van der Waals surface area contributed by atoms with Crippen LogP contribution in [0.3, 0.4) is 0 Å². The molecule has 0 aliphatic carbocycles. The molecule has 130 valence electrons. The Morgan fingerprint density at radius 2 is 1.60 bits per heavy atom. The Balaban J connectivity index is 1.66. The van der Waals surface area contributed by atoms with Gasteiger partial charge in [0, 0.05) is 23.6 Å². The second-order valence-electron chi connectivity index (χ2n) is 5.32. The number of ketones is 1. The SMILES string of the molecule is O=C(COC(=O)CCC(=O)c1ccccc1)NCc1ccccc1Cl. The van der Waals surface area contributed by atoms with E-state index < -0.39 is 11.9 Å². The van der Waals surface area contributed by atoms with Gasteiger partial charge in [0.15, 0.2) is 12.4 Å². The molecule has 25 heavy (non-hydrogen) atoms. The molecule has 0 aliphatic rings. The van der Waals surface area contributed by atoms with Crippen LogP contribution >= 0.6 is 11.6 Å². The number of esters is 1. The fourth-order valence-corrected chi connectivity index (χ4v) is 2.29. The van der Waals surface area contributed by atoms with Crippen LogP contribution in [0.5, 0.6) is 0 Å². The number of ether oxygens (including phenoxy) is 1. The van der Waals surface area contributed by atoms with Crippen molar-refractivity contribution in [2.24, 2.45) is 0 Å². The standard InChI is InChI=1S/C19H18ClNO4/c20-16-9-5-4-8-15(16)12-21-18(23)13-25-19(24)11-10-17(22)14-6-2-1-3-7-14/h1-9H,10-13H2,(H,21,23). The predicted molar refractivity (Wildman–Crippen MR) is 94.3 cm³/mol. The normalized spacial score (nSPS) is 10.1. The molecule has 1 amide bonds. The predicted octanol–water partition coefficient (Wildman–Crippen LogP) is 3.16. The lowest BCUT2D eigenvalue weighted by Crippen LogP contribution is -2.28. The third-order valence-corrected chi connectivity index (χ3v) is 3.82. The van der Waals surface area contributed by atoms with Crippen LogP contribution in [0.1, 0.15) is 28.8 Å². The summed E-state index contributed by atoms with van der Waals surface area (Å²) < 4.78 is 4.87. The molecule has 0 heterocycles. The van der Waals surface area contributed by atoms with Crippen LogP contribution in [0.15, 0.2) is 54.6 Å². The number of amides is 1. The van der Waals surface area contributed by atoms with Crippen LogP contribution in [-0.2, 0) is 20.9 Å². The molecular formula is C19H18ClNO4. The minimum atomic E-state index is -0.586. The highest BCUT2D eigenvalue weighted by molar-refractivity contribution is 6.31. The average Bonchev–Trinajstić information content (AvgIpc) is 2.64. The number of hydrogen-bond acceptors (Lipinski definition) is 4. The highest BCUT2D eigenvalue weighted by Crippen LogP contribution is 2.14. The molecule has 2 aromatic rings. The van der Waals surface area contributed by atoms with Crippen molar-refractivity contribution in [3.05, 3.63) is 70.7 Å². The molecule has 0 spiro atoms. The highest BCUT2D eigenvalue weighted by atomic mass is 35.5. The largest absolute Gasteiger partial charge is 0.456 e. The zero-order chi connectivity index (χ0) is 18.1. The van der Waals surface area contributed by atoms with E-state index in [1.165, 1.54) is 0 Å². The Morgan fingerprint density at radius 3 is 2.32 bits per heavy atom. The van der Waals surface area contributed by atoms with Gasteiger partial charge in [-0.05, 0) is 11.6 Å². The molecule has 0 bridgehead atoms. The van der Waals surface area contributed by atoms with Gasteiger partial charge >= 0.3 is 5.97 Å². The van der Waals surface area contributed by atoms with E-state index in [0.29, 0.717) is 10.6 Å². The van der Waals surface area contributed by atoms with Gasteiger partial charge in [-0.2, -0.15) is 0 Å². The van der Waals surface area contributed by atoms with Gasteiger partial charge < -0.3 is 10.1 Å². The number of halogens is 1. The molecule has 0 aliphatic heterocycles. The molecule has 0 aromatic heterocycles. The summed E-state index contributed by atoms with van der Waals surface area (Å²) in [4.78, 5) is 35.2. The van der Waals surface area contributed by atoms with Crippen molar-refractivity contribution in [3.8, 4) is 0 Å². The van der Waals surface area contributed by atoms with Crippen LogP contribution in [-0.4, -0.2) is 24.3 Å². The first-order chi connectivity index (χ1) is 12.1. The molecule has 5 nitrogen and oxygen atoms in total. The van der Waals surface area contributed by atoms with Crippen LogP contribution < -0.4 is 5.32 Å². The quantitative estimate of drug-likeness (QED) is 0.580. The van der Waals surface area contributed by atoms with Crippen LogP contribution in [0, 0.1) is 0 Å². The second kappa shape index (κ2) is 9.59. The number of hydrogen-bond donors (Lipinski definition) is 1. The van der Waals surface area contributed by atoms with E-state index in [-0.39, 0.29) is 31.8 Å². The topological polar surface area (TPSA) is 72.5 Å². The van der Waals surface area contributed by atoms with Crippen molar-refractivity contribution >= 4 is 29.3 Å². The smallest absolute Gasteiger partial charge is 0.306 e. The summed E-state index contributed by atoms with van der Waals surface area (Å²) in [7, 11) is 0. The molecule has 2 aromatic carbocycles. The molecule has 0 saturated heterocycles. The minimum absolute atomic E-state index is 0.0457. The molecule has 0 atom stereocenters. The summed E-state index contributed by atoms with van der Waals surface area (Å²) in [6.45, 7) is -0.134. The van der Waals surface area contributed by atoms with E-state index in [1.807, 2.05) is 12.1 Å². The van der Waals surface area contributed by atoms with E-state index in [2.05, 4.69) is 5.32 Å². The van der Waals surface area contributed by atoms with Gasteiger partial charge in [-0.1, -0.05) is 60.1 Å². The Bertz CT molecular complexity index is 746. The van der Waals surface area contributed by atoms with Crippen molar-refractivity contribution < 1.29 is 19.1 Å². The lowest BCUT2D eigenvalue weighted by molar-refractivity contribution is -0.148. The monoisotopic (exact) mass is 359 g/mol. The molecular weight excluding hydrogens is 342 g/mol. The Morgan fingerprint density at radius 1 is 0.920 bits per heavy atom. The summed E-state index contributed by atoms with van der Waals surface area (Å²) in [5, 5.41) is 3.17. The van der Waals surface area contributed by atoms with Crippen molar-refractivity contribution in [3.63, 3.8) is 0 Å².